The fraction of sp³-hybridized carbons (Fsp3) is 0.265. The van der Waals surface area contributed by atoms with Gasteiger partial charge in [-0.2, -0.15) is 0 Å². The van der Waals surface area contributed by atoms with Crippen molar-refractivity contribution in [2.24, 2.45) is 17.6 Å². The number of Topliss-reactive ketones (excluding diaryl/α,β-unsaturated/α-hetero) is 2. The number of aromatic hydroxyl groups is 1. The van der Waals surface area contributed by atoms with Gasteiger partial charge < -0.3 is 48.2 Å². The standard InChI is InChI=1S/C22H24N2O8.C12H12N2O2S.H2O/c1-7-8-5-4-6-9(25)11(8)16(26)12-10(7)17(27)14-15(24(2)3)18(28)13(21(23)31)20(30)22(14,32)19(12)29;13-9-1-5-11(6-2-9)17(15,16)12-7-3-10(14)4-8-12;/h4-7,10,14-15,17,25,27-29,32H,1-3H3,(H2,23,31);1-8H,13-14H2;1H2/t7-,10+,14+,15-,17-,22-;;/m0../s1. The van der Waals surface area contributed by atoms with E-state index in [9.17, 15) is 48.3 Å². The Bertz CT molecular complexity index is 1990. The van der Waals surface area contributed by atoms with E-state index in [1.807, 2.05) is 0 Å². The second kappa shape index (κ2) is 13.2. The van der Waals surface area contributed by atoms with Crippen molar-refractivity contribution in [3.63, 3.8) is 0 Å². The van der Waals surface area contributed by atoms with Crippen LogP contribution in [0.4, 0.5) is 11.4 Å². The number of sulfone groups is 1. The molecule has 1 amide bonds. The van der Waals surface area contributed by atoms with Crippen LogP contribution in [0, 0.1) is 11.8 Å². The number of nitrogens with zero attached hydrogens (tertiary/aromatic N) is 1. The molecule has 50 heavy (non-hydrogen) atoms. The Labute approximate surface area is 286 Å². The van der Waals surface area contributed by atoms with Gasteiger partial charge in [-0.3, -0.25) is 19.3 Å². The van der Waals surface area contributed by atoms with Gasteiger partial charge >= 0.3 is 0 Å². The molecule has 0 saturated carbocycles. The number of phenols is 1. The van der Waals surface area contributed by atoms with Gasteiger partial charge in [-0.1, -0.05) is 19.1 Å². The van der Waals surface area contributed by atoms with E-state index in [0.717, 1.165) is 0 Å². The number of fused-ring (bicyclic) bond motifs is 3. The molecule has 3 aliphatic carbocycles. The minimum Gasteiger partial charge on any atom is -0.510 e. The van der Waals surface area contributed by atoms with Gasteiger partial charge in [0.2, 0.25) is 15.6 Å². The number of nitrogens with two attached hydrogens (primary N) is 3. The first-order valence-corrected chi connectivity index (χ1v) is 16.5. The maximum Gasteiger partial charge on any atom is 0.255 e. The summed E-state index contributed by atoms with van der Waals surface area (Å²) in [6.07, 6.45) is -1.59. The summed E-state index contributed by atoms with van der Waals surface area (Å²) in [7, 11) is -0.508. The molecule has 3 aromatic carbocycles. The van der Waals surface area contributed by atoms with Crippen molar-refractivity contribution in [3.8, 4) is 5.75 Å². The number of hydrogen-bond donors (Lipinski definition) is 8. The van der Waals surface area contributed by atoms with E-state index >= 15 is 0 Å². The van der Waals surface area contributed by atoms with Gasteiger partial charge in [0, 0.05) is 22.9 Å². The molecule has 15 nitrogen and oxygen atoms in total. The average molecular weight is 711 g/mol. The molecule has 266 valence electrons. The number of phenolic OH excluding ortho intramolecular Hbond substituents is 1. The van der Waals surface area contributed by atoms with Gasteiger partial charge in [0.15, 0.2) is 11.4 Å². The third-order valence-electron chi connectivity index (χ3n) is 9.38. The number of carbonyl (C=O) groups excluding carboxylic acids is 3. The Kier molecular flexibility index (Phi) is 9.93. The van der Waals surface area contributed by atoms with Crippen LogP contribution in [0.15, 0.2) is 99.2 Å². The van der Waals surface area contributed by atoms with Gasteiger partial charge in [0.25, 0.3) is 5.91 Å². The van der Waals surface area contributed by atoms with Crippen LogP contribution in [0.3, 0.4) is 0 Å². The highest BCUT2D eigenvalue weighted by atomic mass is 32.2. The van der Waals surface area contributed by atoms with Crippen molar-refractivity contribution in [3.05, 3.63) is 101 Å². The predicted octanol–water partition coefficient (Wildman–Crippen LogP) is 0.512. The van der Waals surface area contributed by atoms with E-state index < -0.39 is 85.5 Å². The van der Waals surface area contributed by atoms with Crippen LogP contribution in [-0.2, 0) is 19.4 Å². The normalized spacial score (nSPS) is 25.8. The summed E-state index contributed by atoms with van der Waals surface area (Å²) in [6.45, 7) is 1.68. The van der Waals surface area contributed by atoms with Crippen LogP contribution in [0.1, 0.15) is 28.8 Å². The summed E-state index contributed by atoms with van der Waals surface area (Å²) in [5.74, 6) is -8.86. The smallest absolute Gasteiger partial charge is 0.255 e. The monoisotopic (exact) mass is 710 g/mol. The number of likely N-dealkylation sites (N-methyl/N-ethyl adjacent to an activating group) is 1. The van der Waals surface area contributed by atoms with E-state index in [-0.39, 0.29) is 26.6 Å². The fourth-order valence-corrected chi connectivity index (χ4v) is 8.27. The molecule has 0 bridgehead atoms. The molecule has 0 aliphatic heterocycles. The number of rotatable bonds is 4. The van der Waals surface area contributed by atoms with Crippen LogP contribution in [0.5, 0.6) is 5.75 Å². The first-order valence-electron chi connectivity index (χ1n) is 15.0. The Morgan fingerprint density at radius 2 is 1.38 bits per heavy atom. The number of benzene rings is 3. The zero-order valence-corrected chi connectivity index (χ0v) is 27.9. The van der Waals surface area contributed by atoms with Crippen molar-refractivity contribution in [2.45, 2.75) is 40.4 Å². The van der Waals surface area contributed by atoms with E-state index in [2.05, 4.69) is 0 Å². The third kappa shape index (κ3) is 5.66. The quantitative estimate of drug-likeness (QED) is 0.135. The van der Waals surface area contributed by atoms with Gasteiger partial charge in [-0.05, 0) is 80.2 Å². The molecule has 3 aliphatic rings. The number of nitrogen functional groups attached to an aromatic ring is 2. The molecule has 3 aromatic rings. The Morgan fingerprint density at radius 1 is 0.880 bits per heavy atom. The lowest BCUT2D eigenvalue weighted by molar-refractivity contribution is -0.162. The third-order valence-corrected chi connectivity index (χ3v) is 11.2. The van der Waals surface area contributed by atoms with Gasteiger partial charge in [0.05, 0.1) is 33.4 Å². The van der Waals surface area contributed by atoms with Crippen LogP contribution in [0.25, 0.3) is 0 Å². The van der Waals surface area contributed by atoms with Crippen molar-refractivity contribution < 1.29 is 53.8 Å². The zero-order valence-electron chi connectivity index (χ0n) is 27.1. The number of amides is 1. The number of carbonyl (C=O) groups is 3. The molecular formula is C34H38N4O11S. The van der Waals surface area contributed by atoms with Crippen LogP contribution in [-0.4, -0.2) is 93.6 Å². The van der Waals surface area contributed by atoms with E-state index in [0.29, 0.717) is 16.9 Å². The lowest BCUT2D eigenvalue weighted by Gasteiger charge is -2.53. The molecular weight excluding hydrogens is 672 g/mol. The number of primary amides is 1. The summed E-state index contributed by atoms with van der Waals surface area (Å²) in [4.78, 5) is 40.3. The minimum atomic E-state index is -3.48. The molecule has 13 N–H and O–H groups in total. The number of anilines is 2. The van der Waals surface area contributed by atoms with Crippen molar-refractivity contribution >= 4 is 38.7 Å². The number of ketones is 2. The summed E-state index contributed by atoms with van der Waals surface area (Å²) >= 11 is 0. The molecule has 16 heteroatoms. The molecule has 0 radical (unpaired) electrons. The number of aliphatic hydroxyl groups is 4. The highest BCUT2D eigenvalue weighted by molar-refractivity contribution is 7.91. The zero-order chi connectivity index (χ0) is 36.3. The topological polar surface area (TPSA) is 299 Å². The Hall–Kier alpha value is -5.26. The largest absolute Gasteiger partial charge is 0.510 e. The van der Waals surface area contributed by atoms with Crippen LogP contribution in [0.2, 0.25) is 0 Å². The molecule has 0 saturated heterocycles. The Balaban J connectivity index is 0.000000264. The lowest BCUT2D eigenvalue weighted by Crippen LogP contribution is -2.68. The Morgan fingerprint density at radius 3 is 1.84 bits per heavy atom. The summed E-state index contributed by atoms with van der Waals surface area (Å²) in [6, 6.07) is 15.4. The molecule has 0 unspecified atom stereocenters. The van der Waals surface area contributed by atoms with Crippen molar-refractivity contribution in [2.75, 3.05) is 25.6 Å². The van der Waals surface area contributed by atoms with Gasteiger partial charge in [-0.15, -0.1) is 0 Å². The van der Waals surface area contributed by atoms with Gasteiger partial charge in [-0.25, -0.2) is 8.42 Å². The van der Waals surface area contributed by atoms with Crippen molar-refractivity contribution in [1.29, 1.82) is 0 Å². The second-order valence-corrected chi connectivity index (χ2v) is 14.4. The summed E-state index contributed by atoms with van der Waals surface area (Å²) in [5, 5.41) is 55.0. The number of aliphatic hydroxyl groups excluding tert-OH is 3. The lowest BCUT2D eigenvalue weighted by atomic mass is 9.55. The van der Waals surface area contributed by atoms with Crippen LogP contribution >= 0.6 is 0 Å². The first-order chi connectivity index (χ1) is 22.9. The van der Waals surface area contributed by atoms with Crippen LogP contribution < -0.4 is 17.2 Å². The van der Waals surface area contributed by atoms with E-state index in [1.165, 1.54) is 49.3 Å². The maximum absolute atomic E-state index is 13.3. The van der Waals surface area contributed by atoms with E-state index in [4.69, 9.17) is 17.2 Å². The second-order valence-electron chi connectivity index (χ2n) is 12.4. The molecule has 6 atom stereocenters. The maximum atomic E-state index is 13.3. The molecule has 0 aromatic heterocycles. The molecule has 0 fully saturated rings. The molecule has 0 heterocycles. The highest BCUT2D eigenvalue weighted by Crippen LogP contribution is 2.55. The average Bonchev–Trinajstić information content (AvgIpc) is 3.03. The summed E-state index contributed by atoms with van der Waals surface area (Å²) in [5.41, 5.74) is 13.5. The van der Waals surface area contributed by atoms with Gasteiger partial charge in [0.1, 0.15) is 22.8 Å². The SMILES string of the molecule is C[C@H]1c2cccc(O)c2C(=O)C2=C(O)[C@]3(O)C(=O)C(C(N)=O)=C(O)[C@@H](N(C)C)[C@@H]3[C@@H](O)[C@@H]21.Nc1ccc(S(=O)(=O)c2ccc(N)cc2)cc1.O. The van der Waals surface area contributed by atoms with Crippen molar-refractivity contribution in [1.82, 2.24) is 4.90 Å². The predicted molar refractivity (Wildman–Crippen MR) is 181 cm³/mol. The first kappa shape index (κ1) is 37.6. The minimum absolute atomic E-state index is 0. The van der Waals surface area contributed by atoms with E-state index in [1.54, 1.807) is 43.3 Å². The highest BCUT2D eigenvalue weighted by Gasteiger charge is 2.67. The fourth-order valence-electron chi connectivity index (χ4n) is 7.01. The molecule has 0 spiro atoms. The number of hydrogen-bond acceptors (Lipinski definition) is 13. The summed E-state index contributed by atoms with van der Waals surface area (Å²) < 4.78 is 24.3. The molecule has 6 rings (SSSR count).